The molecule has 28 heavy (non-hydrogen) atoms. The minimum atomic E-state index is -0.276. The molecule has 0 unspecified atom stereocenters. The van der Waals surface area contributed by atoms with Crippen molar-refractivity contribution < 1.29 is 13.9 Å². The molecule has 0 aliphatic carbocycles. The lowest BCUT2D eigenvalue weighted by molar-refractivity contribution is -0.115. The van der Waals surface area contributed by atoms with E-state index in [1.165, 1.54) is 12.1 Å². The molecule has 1 saturated heterocycles. The first-order valence-corrected chi connectivity index (χ1v) is 10.2. The van der Waals surface area contributed by atoms with Gasteiger partial charge in [0.2, 0.25) is 5.91 Å². The molecule has 1 heterocycles. The van der Waals surface area contributed by atoms with E-state index in [1.807, 2.05) is 42.5 Å². The number of hydrogen-bond acceptors (Lipinski definition) is 3. The standard InChI is InChI=1S/C22H17ClFNO2S/c23-17-6-8-19(9-7-17)25-21(26)14-28-22(25)16-4-10-20(11-5-16)27-13-15-2-1-3-18(24)12-15/h1-12,22H,13-14H2/t22-/m1/s1. The fraction of sp³-hybridized carbons (Fsp3) is 0.136. The van der Waals surface area contributed by atoms with Crippen LogP contribution in [0.5, 0.6) is 5.75 Å². The van der Waals surface area contributed by atoms with E-state index < -0.39 is 0 Å². The van der Waals surface area contributed by atoms with Crippen molar-refractivity contribution in [2.75, 3.05) is 10.7 Å². The van der Waals surface area contributed by atoms with Gasteiger partial charge in [-0.25, -0.2) is 4.39 Å². The highest BCUT2D eigenvalue weighted by Gasteiger charge is 2.33. The minimum Gasteiger partial charge on any atom is -0.489 e. The first kappa shape index (κ1) is 18.8. The first-order chi connectivity index (χ1) is 13.6. The number of anilines is 1. The van der Waals surface area contributed by atoms with Crippen LogP contribution in [0.25, 0.3) is 0 Å². The molecule has 142 valence electrons. The number of hydrogen-bond donors (Lipinski definition) is 0. The van der Waals surface area contributed by atoms with Crippen molar-refractivity contribution in [2.45, 2.75) is 12.0 Å². The number of ether oxygens (including phenoxy) is 1. The van der Waals surface area contributed by atoms with Crippen LogP contribution in [0.3, 0.4) is 0 Å². The summed E-state index contributed by atoms with van der Waals surface area (Å²) in [6.07, 6.45) is 0. The van der Waals surface area contributed by atoms with Gasteiger partial charge in [0.25, 0.3) is 0 Å². The molecule has 4 rings (SSSR count). The zero-order valence-corrected chi connectivity index (χ0v) is 16.4. The van der Waals surface area contributed by atoms with Crippen LogP contribution < -0.4 is 9.64 Å². The molecule has 3 nitrogen and oxygen atoms in total. The van der Waals surface area contributed by atoms with E-state index in [0.717, 1.165) is 16.8 Å². The predicted molar refractivity (Wildman–Crippen MR) is 111 cm³/mol. The van der Waals surface area contributed by atoms with Gasteiger partial charge in [-0.1, -0.05) is 35.9 Å². The number of halogens is 2. The molecule has 1 fully saturated rings. The van der Waals surface area contributed by atoms with Gasteiger partial charge in [0.1, 0.15) is 23.5 Å². The Labute approximate surface area is 172 Å². The van der Waals surface area contributed by atoms with Crippen molar-refractivity contribution in [1.82, 2.24) is 0 Å². The Morgan fingerprint density at radius 1 is 1.07 bits per heavy atom. The molecule has 1 atom stereocenters. The summed E-state index contributed by atoms with van der Waals surface area (Å²) in [6, 6.07) is 21.3. The van der Waals surface area contributed by atoms with E-state index in [2.05, 4.69) is 0 Å². The lowest BCUT2D eigenvalue weighted by Crippen LogP contribution is -2.27. The van der Waals surface area contributed by atoms with Gasteiger partial charge in [-0.3, -0.25) is 9.69 Å². The van der Waals surface area contributed by atoms with E-state index in [4.69, 9.17) is 16.3 Å². The monoisotopic (exact) mass is 413 g/mol. The Morgan fingerprint density at radius 3 is 2.54 bits per heavy atom. The SMILES string of the molecule is O=C1CS[C@H](c2ccc(OCc3cccc(F)c3)cc2)N1c1ccc(Cl)cc1. The van der Waals surface area contributed by atoms with E-state index in [0.29, 0.717) is 23.1 Å². The van der Waals surface area contributed by atoms with Crippen LogP contribution >= 0.6 is 23.4 Å². The molecule has 0 radical (unpaired) electrons. The van der Waals surface area contributed by atoms with Gasteiger partial charge in [0.05, 0.1) is 5.75 Å². The third-order valence-corrected chi connectivity index (χ3v) is 5.90. The van der Waals surface area contributed by atoms with E-state index in [-0.39, 0.29) is 17.1 Å². The van der Waals surface area contributed by atoms with Crippen LogP contribution in [0, 0.1) is 5.82 Å². The van der Waals surface area contributed by atoms with Crippen molar-refractivity contribution in [3.63, 3.8) is 0 Å². The van der Waals surface area contributed by atoms with Crippen molar-refractivity contribution in [3.8, 4) is 5.75 Å². The van der Waals surface area contributed by atoms with Crippen LogP contribution in [0.2, 0.25) is 5.02 Å². The molecule has 1 amide bonds. The molecule has 1 aliphatic rings. The lowest BCUT2D eigenvalue weighted by Gasteiger charge is -2.24. The van der Waals surface area contributed by atoms with Crippen molar-refractivity contribution in [2.24, 2.45) is 0 Å². The quantitative estimate of drug-likeness (QED) is 0.526. The van der Waals surface area contributed by atoms with Gasteiger partial charge < -0.3 is 4.74 Å². The Balaban J connectivity index is 1.48. The molecule has 0 aromatic heterocycles. The van der Waals surface area contributed by atoms with E-state index >= 15 is 0 Å². The lowest BCUT2D eigenvalue weighted by atomic mass is 10.1. The van der Waals surface area contributed by atoms with Gasteiger partial charge in [0, 0.05) is 10.7 Å². The molecule has 0 spiro atoms. The van der Waals surface area contributed by atoms with Crippen molar-refractivity contribution >= 4 is 35.0 Å². The summed E-state index contributed by atoms with van der Waals surface area (Å²) < 4.78 is 19.0. The molecule has 3 aromatic carbocycles. The zero-order chi connectivity index (χ0) is 19.5. The third kappa shape index (κ3) is 4.16. The average Bonchev–Trinajstić information content (AvgIpc) is 3.09. The zero-order valence-electron chi connectivity index (χ0n) is 14.8. The Bertz CT molecular complexity index is 979. The van der Waals surface area contributed by atoms with Crippen molar-refractivity contribution in [1.29, 1.82) is 0 Å². The maximum atomic E-state index is 13.3. The van der Waals surface area contributed by atoms with Crippen LogP contribution in [0.4, 0.5) is 10.1 Å². The molecule has 0 N–H and O–H groups in total. The molecular weight excluding hydrogens is 397 g/mol. The summed E-state index contributed by atoms with van der Waals surface area (Å²) in [5, 5.41) is 0.547. The predicted octanol–water partition coefficient (Wildman–Crippen LogP) is 5.84. The second-order valence-electron chi connectivity index (χ2n) is 6.39. The van der Waals surface area contributed by atoms with Gasteiger partial charge in [-0.2, -0.15) is 0 Å². The van der Waals surface area contributed by atoms with Gasteiger partial charge >= 0.3 is 0 Å². The van der Waals surface area contributed by atoms with Gasteiger partial charge in [-0.05, 0) is 59.7 Å². The largest absolute Gasteiger partial charge is 0.489 e. The van der Waals surface area contributed by atoms with Crippen LogP contribution in [0.1, 0.15) is 16.5 Å². The maximum absolute atomic E-state index is 13.3. The minimum absolute atomic E-state index is 0.0729. The third-order valence-electron chi connectivity index (χ3n) is 4.43. The Hall–Kier alpha value is -2.50. The Morgan fingerprint density at radius 2 is 1.82 bits per heavy atom. The van der Waals surface area contributed by atoms with Crippen LogP contribution in [-0.2, 0) is 11.4 Å². The molecule has 1 aliphatic heterocycles. The highest BCUT2D eigenvalue weighted by molar-refractivity contribution is 8.00. The maximum Gasteiger partial charge on any atom is 0.238 e. The van der Waals surface area contributed by atoms with Crippen LogP contribution in [0.15, 0.2) is 72.8 Å². The van der Waals surface area contributed by atoms with Crippen LogP contribution in [-0.4, -0.2) is 11.7 Å². The fourth-order valence-electron chi connectivity index (χ4n) is 3.07. The molecule has 6 heteroatoms. The summed E-state index contributed by atoms with van der Waals surface area (Å²) >= 11 is 7.55. The Kier molecular flexibility index (Phi) is 5.55. The van der Waals surface area contributed by atoms with E-state index in [9.17, 15) is 9.18 Å². The number of amides is 1. The number of rotatable bonds is 5. The summed E-state index contributed by atoms with van der Waals surface area (Å²) in [5.74, 6) is 0.927. The van der Waals surface area contributed by atoms with E-state index in [1.54, 1.807) is 34.9 Å². The van der Waals surface area contributed by atoms with Gasteiger partial charge in [0.15, 0.2) is 0 Å². The number of carbonyl (C=O) groups excluding carboxylic acids is 1. The summed E-state index contributed by atoms with van der Waals surface area (Å²) in [4.78, 5) is 14.2. The number of nitrogens with zero attached hydrogens (tertiary/aromatic N) is 1. The highest BCUT2D eigenvalue weighted by atomic mass is 35.5. The smallest absolute Gasteiger partial charge is 0.238 e. The first-order valence-electron chi connectivity index (χ1n) is 8.76. The summed E-state index contributed by atoms with van der Waals surface area (Å²) in [7, 11) is 0. The summed E-state index contributed by atoms with van der Waals surface area (Å²) in [6.45, 7) is 0.296. The molecule has 0 bridgehead atoms. The molecular formula is C22H17ClFNO2S. The second kappa shape index (κ2) is 8.25. The number of thioether (sulfide) groups is 1. The average molecular weight is 414 g/mol. The van der Waals surface area contributed by atoms with Crippen molar-refractivity contribution in [3.05, 3.63) is 94.8 Å². The van der Waals surface area contributed by atoms with Gasteiger partial charge in [-0.15, -0.1) is 11.8 Å². The summed E-state index contributed by atoms with van der Waals surface area (Å²) in [5.41, 5.74) is 2.62. The number of carbonyl (C=O) groups is 1. The topological polar surface area (TPSA) is 29.5 Å². The highest BCUT2D eigenvalue weighted by Crippen LogP contribution is 2.42. The molecule has 0 saturated carbocycles. The second-order valence-corrected chi connectivity index (χ2v) is 7.90. The normalized spacial score (nSPS) is 16.4. The fourth-order valence-corrected chi connectivity index (χ4v) is 4.38. The number of benzene rings is 3. The molecule has 3 aromatic rings.